The molecule has 0 radical (unpaired) electrons. The number of rotatable bonds is 3. The van der Waals surface area contributed by atoms with Crippen LogP contribution in [0, 0.1) is 0 Å². The van der Waals surface area contributed by atoms with E-state index in [9.17, 15) is 4.79 Å². The Labute approximate surface area is 152 Å². The summed E-state index contributed by atoms with van der Waals surface area (Å²) in [6.07, 6.45) is 1.06. The zero-order valence-electron chi connectivity index (χ0n) is 15.2. The standard InChI is InChI=1S/C12H16N2.C9H7NO2/c1-4-10-7-9-8-11(14(2)3)5-6-12(9)13-10;11-9(12)8-5-6-3-1-2-4-7(6)10-8/h5-8,13H,4H2,1-3H3;1-5,10H,(H,11,12). The minimum Gasteiger partial charge on any atom is -0.477 e. The number of H-pyrrole nitrogens is 2. The molecule has 2 aromatic carbocycles. The van der Waals surface area contributed by atoms with Gasteiger partial charge in [-0.25, -0.2) is 4.79 Å². The van der Waals surface area contributed by atoms with E-state index < -0.39 is 5.97 Å². The van der Waals surface area contributed by atoms with Gasteiger partial charge in [0.15, 0.2) is 0 Å². The summed E-state index contributed by atoms with van der Waals surface area (Å²) < 4.78 is 0. The molecule has 5 nitrogen and oxygen atoms in total. The molecule has 0 fully saturated rings. The number of carboxylic acid groups (broad SMARTS) is 1. The topological polar surface area (TPSA) is 72.1 Å². The molecule has 0 spiro atoms. The minimum atomic E-state index is -0.925. The monoisotopic (exact) mass is 349 g/mol. The van der Waals surface area contributed by atoms with Gasteiger partial charge in [-0.15, -0.1) is 0 Å². The predicted octanol–water partition coefficient (Wildman–Crippen LogP) is 4.66. The van der Waals surface area contributed by atoms with E-state index in [1.807, 2.05) is 24.3 Å². The smallest absolute Gasteiger partial charge is 0.352 e. The number of anilines is 1. The van der Waals surface area contributed by atoms with Gasteiger partial charge in [0.05, 0.1) is 0 Å². The van der Waals surface area contributed by atoms with E-state index in [0.717, 1.165) is 17.3 Å². The summed E-state index contributed by atoms with van der Waals surface area (Å²) in [7, 11) is 4.13. The highest BCUT2D eigenvalue weighted by atomic mass is 16.4. The van der Waals surface area contributed by atoms with Gasteiger partial charge in [-0.2, -0.15) is 0 Å². The SMILES string of the molecule is CCc1cc2cc(N(C)C)ccc2[nH]1.O=C(O)c1cc2ccccc2[nH]1. The van der Waals surface area contributed by atoms with Crippen molar-refractivity contribution in [3.8, 4) is 0 Å². The highest BCUT2D eigenvalue weighted by Gasteiger charge is 2.05. The minimum absolute atomic E-state index is 0.233. The van der Waals surface area contributed by atoms with Crippen LogP contribution in [0.1, 0.15) is 23.1 Å². The molecule has 0 aliphatic rings. The van der Waals surface area contributed by atoms with E-state index in [0.29, 0.717) is 0 Å². The third-order valence-electron chi connectivity index (χ3n) is 4.32. The van der Waals surface area contributed by atoms with Gasteiger partial charge in [0.2, 0.25) is 0 Å². The van der Waals surface area contributed by atoms with Crippen molar-refractivity contribution in [3.63, 3.8) is 0 Å². The molecule has 0 saturated heterocycles. The quantitative estimate of drug-likeness (QED) is 0.503. The van der Waals surface area contributed by atoms with Gasteiger partial charge in [0.1, 0.15) is 5.69 Å². The summed E-state index contributed by atoms with van der Waals surface area (Å²) in [6, 6.07) is 17.8. The number of aromatic nitrogens is 2. The van der Waals surface area contributed by atoms with Crippen molar-refractivity contribution in [1.82, 2.24) is 9.97 Å². The molecule has 2 aromatic heterocycles. The number of hydrogen-bond donors (Lipinski definition) is 3. The fourth-order valence-corrected chi connectivity index (χ4v) is 2.84. The second-order valence-electron chi connectivity index (χ2n) is 6.39. The number of nitrogens with one attached hydrogen (secondary N) is 2. The molecule has 0 atom stereocenters. The van der Waals surface area contributed by atoms with Crippen LogP contribution in [-0.4, -0.2) is 35.1 Å². The Hall–Kier alpha value is -3.21. The van der Waals surface area contributed by atoms with Crippen LogP contribution in [0.15, 0.2) is 54.6 Å². The second kappa shape index (κ2) is 7.35. The number of carbonyl (C=O) groups is 1. The Bertz CT molecular complexity index is 1010. The van der Waals surface area contributed by atoms with Gasteiger partial charge in [0, 0.05) is 47.3 Å². The molecule has 26 heavy (non-hydrogen) atoms. The summed E-state index contributed by atoms with van der Waals surface area (Å²) in [4.78, 5) is 18.9. The van der Waals surface area contributed by atoms with E-state index in [2.05, 4.69) is 60.2 Å². The van der Waals surface area contributed by atoms with Crippen molar-refractivity contribution in [3.05, 3.63) is 66.0 Å². The normalized spacial score (nSPS) is 10.6. The maximum Gasteiger partial charge on any atom is 0.352 e. The molecular formula is C21H23N3O2. The molecule has 0 amide bonds. The van der Waals surface area contributed by atoms with E-state index in [-0.39, 0.29) is 5.69 Å². The van der Waals surface area contributed by atoms with Crippen molar-refractivity contribution in [2.45, 2.75) is 13.3 Å². The summed E-state index contributed by atoms with van der Waals surface area (Å²) >= 11 is 0. The third-order valence-corrected chi connectivity index (χ3v) is 4.32. The molecule has 4 aromatic rings. The largest absolute Gasteiger partial charge is 0.477 e. The zero-order chi connectivity index (χ0) is 18.7. The first-order valence-electron chi connectivity index (χ1n) is 8.58. The lowest BCUT2D eigenvalue weighted by molar-refractivity contribution is 0.0691. The Kier molecular flexibility index (Phi) is 4.98. The van der Waals surface area contributed by atoms with E-state index in [1.165, 1.54) is 22.3 Å². The van der Waals surface area contributed by atoms with Gasteiger partial charge in [-0.05, 0) is 42.8 Å². The fourth-order valence-electron chi connectivity index (χ4n) is 2.84. The van der Waals surface area contributed by atoms with Gasteiger partial charge >= 0.3 is 5.97 Å². The maximum absolute atomic E-state index is 10.5. The number of fused-ring (bicyclic) bond motifs is 2. The first-order valence-corrected chi connectivity index (χ1v) is 8.58. The molecule has 0 unspecified atom stereocenters. The van der Waals surface area contributed by atoms with Crippen LogP contribution >= 0.6 is 0 Å². The molecule has 5 heteroatoms. The number of aryl methyl sites for hydroxylation is 1. The van der Waals surface area contributed by atoms with Crippen LogP contribution in [0.5, 0.6) is 0 Å². The summed E-state index contributed by atoms with van der Waals surface area (Å²) in [5.74, 6) is -0.925. The van der Waals surface area contributed by atoms with Gasteiger partial charge < -0.3 is 20.0 Å². The molecule has 2 heterocycles. The summed E-state index contributed by atoms with van der Waals surface area (Å²) in [5.41, 5.74) is 4.87. The first kappa shape index (κ1) is 17.6. The van der Waals surface area contributed by atoms with Gasteiger partial charge in [-0.3, -0.25) is 0 Å². The summed E-state index contributed by atoms with van der Waals surface area (Å²) in [6.45, 7) is 2.16. The Morgan fingerprint density at radius 1 is 0.962 bits per heavy atom. The third kappa shape index (κ3) is 3.72. The van der Waals surface area contributed by atoms with E-state index in [4.69, 9.17) is 5.11 Å². The number of nitrogens with zero attached hydrogens (tertiary/aromatic N) is 1. The lowest BCUT2D eigenvalue weighted by Crippen LogP contribution is -2.07. The van der Waals surface area contributed by atoms with Crippen molar-refractivity contribution >= 4 is 33.5 Å². The van der Waals surface area contributed by atoms with Gasteiger partial charge in [0.25, 0.3) is 0 Å². The molecule has 4 rings (SSSR count). The average Bonchev–Trinajstić information content (AvgIpc) is 3.25. The molecular weight excluding hydrogens is 326 g/mol. The van der Waals surface area contributed by atoms with Crippen LogP contribution < -0.4 is 4.90 Å². The fraction of sp³-hybridized carbons (Fsp3) is 0.190. The number of para-hydroxylation sites is 1. The van der Waals surface area contributed by atoms with E-state index in [1.54, 1.807) is 6.07 Å². The molecule has 0 saturated carbocycles. The zero-order valence-corrected chi connectivity index (χ0v) is 15.2. The van der Waals surface area contributed by atoms with Crippen molar-refractivity contribution < 1.29 is 9.90 Å². The van der Waals surface area contributed by atoms with Crippen molar-refractivity contribution in [2.24, 2.45) is 0 Å². The number of benzene rings is 2. The van der Waals surface area contributed by atoms with Crippen molar-refractivity contribution in [1.29, 1.82) is 0 Å². The van der Waals surface area contributed by atoms with Crippen molar-refractivity contribution in [2.75, 3.05) is 19.0 Å². The lowest BCUT2D eigenvalue weighted by Gasteiger charge is -2.11. The lowest BCUT2D eigenvalue weighted by atomic mass is 10.2. The summed E-state index contributed by atoms with van der Waals surface area (Å²) in [5, 5.41) is 10.9. The second-order valence-corrected chi connectivity index (χ2v) is 6.39. The van der Waals surface area contributed by atoms with Crippen LogP contribution in [0.25, 0.3) is 21.8 Å². The molecule has 0 aliphatic heterocycles. The number of hydrogen-bond acceptors (Lipinski definition) is 2. The molecule has 0 aliphatic carbocycles. The molecule has 0 bridgehead atoms. The highest BCUT2D eigenvalue weighted by molar-refractivity contribution is 5.93. The predicted molar refractivity (Wildman–Crippen MR) is 107 cm³/mol. The number of carboxylic acids is 1. The highest BCUT2D eigenvalue weighted by Crippen LogP contribution is 2.21. The first-order chi connectivity index (χ1) is 12.5. The Morgan fingerprint density at radius 2 is 1.69 bits per heavy atom. The number of aromatic carboxylic acids is 1. The Morgan fingerprint density at radius 3 is 2.35 bits per heavy atom. The maximum atomic E-state index is 10.5. The van der Waals surface area contributed by atoms with Crippen LogP contribution in [0.3, 0.4) is 0 Å². The molecule has 3 N–H and O–H groups in total. The van der Waals surface area contributed by atoms with Crippen LogP contribution in [0.4, 0.5) is 5.69 Å². The van der Waals surface area contributed by atoms with Crippen LogP contribution in [-0.2, 0) is 6.42 Å². The average molecular weight is 349 g/mol. The number of aromatic amines is 2. The Balaban J connectivity index is 0.000000152. The van der Waals surface area contributed by atoms with Gasteiger partial charge in [-0.1, -0.05) is 25.1 Å². The van der Waals surface area contributed by atoms with Crippen LogP contribution in [0.2, 0.25) is 0 Å². The molecule has 134 valence electrons. The van der Waals surface area contributed by atoms with E-state index >= 15 is 0 Å².